The molecule has 2 N–H and O–H groups in total. The molecule has 2 aromatic rings. The van der Waals surface area contributed by atoms with Gasteiger partial charge in [-0.2, -0.15) is 0 Å². The van der Waals surface area contributed by atoms with Crippen LogP contribution in [-0.2, 0) is 12.1 Å². The van der Waals surface area contributed by atoms with E-state index in [1.54, 1.807) is 4.57 Å². The molecule has 0 spiro atoms. The van der Waals surface area contributed by atoms with Gasteiger partial charge in [0.25, 0.3) is 0 Å². The van der Waals surface area contributed by atoms with E-state index in [1.165, 1.54) is 0 Å². The van der Waals surface area contributed by atoms with Crippen molar-refractivity contribution in [3.8, 4) is 11.4 Å². The molecule has 20 heavy (non-hydrogen) atoms. The third kappa shape index (κ3) is 2.40. The van der Waals surface area contributed by atoms with Gasteiger partial charge in [-0.05, 0) is 20.8 Å². The van der Waals surface area contributed by atoms with E-state index in [1.807, 2.05) is 20.8 Å². The summed E-state index contributed by atoms with van der Waals surface area (Å²) in [6.07, 6.45) is 0. The molecular weight excluding hydrogens is 269 g/mol. The SMILES string of the molecule is CC(C)(C)n1c(CN)nnc1-c1c(F)cc(F)cc1F. The van der Waals surface area contributed by atoms with Crippen molar-refractivity contribution in [1.29, 1.82) is 0 Å². The van der Waals surface area contributed by atoms with E-state index in [4.69, 9.17) is 5.73 Å². The summed E-state index contributed by atoms with van der Waals surface area (Å²) >= 11 is 0. The van der Waals surface area contributed by atoms with Crippen molar-refractivity contribution in [2.75, 3.05) is 0 Å². The molecule has 0 radical (unpaired) electrons. The fraction of sp³-hybridized carbons (Fsp3) is 0.385. The predicted octanol–water partition coefficient (Wildman–Crippen LogP) is 2.58. The number of hydrogen-bond donors (Lipinski definition) is 1. The van der Waals surface area contributed by atoms with Gasteiger partial charge in [0.1, 0.15) is 23.3 Å². The second-order valence-electron chi connectivity index (χ2n) is 5.39. The molecule has 1 aromatic heterocycles. The van der Waals surface area contributed by atoms with Gasteiger partial charge < -0.3 is 10.3 Å². The van der Waals surface area contributed by atoms with Gasteiger partial charge in [-0.15, -0.1) is 10.2 Å². The van der Waals surface area contributed by atoms with E-state index < -0.39 is 28.6 Å². The summed E-state index contributed by atoms with van der Waals surface area (Å²) in [4.78, 5) is 0. The van der Waals surface area contributed by atoms with E-state index in [0.717, 1.165) is 0 Å². The van der Waals surface area contributed by atoms with Gasteiger partial charge in [0.05, 0.1) is 12.1 Å². The zero-order chi connectivity index (χ0) is 15.1. The molecule has 4 nitrogen and oxygen atoms in total. The summed E-state index contributed by atoms with van der Waals surface area (Å²) < 4.78 is 42.3. The Hall–Kier alpha value is -1.89. The molecule has 0 amide bonds. The highest BCUT2D eigenvalue weighted by atomic mass is 19.1. The van der Waals surface area contributed by atoms with Gasteiger partial charge in [-0.3, -0.25) is 0 Å². The molecule has 0 unspecified atom stereocenters. The molecule has 7 heteroatoms. The van der Waals surface area contributed by atoms with Gasteiger partial charge >= 0.3 is 0 Å². The fourth-order valence-electron chi connectivity index (χ4n) is 2.07. The summed E-state index contributed by atoms with van der Waals surface area (Å²) in [5, 5.41) is 7.65. The van der Waals surface area contributed by atoms with Crippen molar-refractivity contribution in [3.05, 3.63) is 35.4 Å². The van der Waals surface area contributed by atoms with E-state index in [0.29, 0.717) is 18.0 Å². The quantitative estimate of drug-likeness (QED) is 0.922. The molecule has 0 saturated heterocycles. The molecular formula is C13H15F3N4. The Morgan fingerprint density at radius 3 is 2.10 bits per heavy atom. The number of rotatable bonds is 2. The highest BCUT2D eigenvalue weighted by molar-refractivity contribution is 5.57. The summed E-state index contributed by atoms with van der Waals surface area (Å²) in [6.45, 7) is 5.57. The minimum atomic E-state index is -1.02. The second kappa shape index (κ2) is 4.90. The molecule has 0 fully saturated rings. The van der Waals surface area contributed by atoms with Crippen molar-refractivity contribution in [2.45, 2.75) is 32.9 Å². The van der Waals surface area contributed by atoms with Gasteiger partial charge in [0.15, 0.2) is 5.82 Å². The minimum Gasteiger partial charge on any atom is -0.324 e. The Balaban J connectivity index is 2.75. The molecule has 0 atom stereocenters. The van der Waals surface area contributed by atoms with E-state index in [2.05, 4.69) is 10.2 Å². The van der Waals surface area contributed by atoms with Crippen LogP contribution in [0.2, 0.25) is 0 Å². The molecule has 1 heterocycles. The first-order valence-corrected chi connectivity index (χ1v) is 6.05. The maximum Gasteiger partial charge on any atom is 0.170 e. The molecule has 0 aliphatic carbocycles. The first kappa shape index (κ1) is 14.5. The Kier molecular flexibility index (Phi) is 3.56. The van der Waals surface area contributed by atoms with E-state index in [9.17, 15) is 13.2 Å². The van der Waals surface area contributed by atoms with Crippen molar-refractivity contribution in [3.63, 3.8) is 0 Å². The molecule has 2 rings (SSSR count). The van der Waals surface area contributed by atoms with Crippen LogP contribution in [0.5, 0.6) is 0 Å². The molecule has 108 valence electrons. The first-order valence-electron chi connectivity index (χ1n) is 6.05. The number of benzene rings is 1. The topological polar surface area (TPSA) is 56.7 Å². The van der Waals surface area contributed by atoms with Crippen LogP contribution in [0.25, 0.3) is 11.4 Å². The summed E-state index contributed by atoms with van der Waals surface area (Å²) in [7, 11) is 0. The van der Waals surface area contributed by atoms with Crippen molar-refractivity contribution in [1.82, 2.24) is 14.8 Å². The maximum atomic E-state index is 13.9. The van der Waals surface area contributed by atoms with Gasteiger partial charge in [-0.1, -0.05) is 0 Å². The van der Waals surface area contributed by atoms with Crippen molar-refractivity contribution in [2.24, 2.45) is 5.73 Å². The molecule has 0 saturated carbocycles. The average Bonchev–Trinajstić information content (AvgIpc) is 2.70. The van der Waals surface area contributed by atoms with Crippen LogP contribution >= 0.6 is 0 Å². The normalized spacial score (nSPS) is 11.9. The smallest absolute Gasteiger partial charge is 0.170 e. The summed E-state index contributed by atoms with van der Waals surface area (Å²) in [5.41, 5.74) is 4.63. The van der Waals surface area contributed by atoms with Gasteiger partial charge in [-0.25, -0.2) is 13.2 Å². The van der Waals surface area contributed by atoms with Crippen LogP contribution in [0.4, 0.5) is 13.2 Å². The summed E-state index contributed by atoms with van der Waals surface area (Å²) in [6, 6.07) is 1.23. The predicted molar refractivity (Wildman–Crippen MR) is 68.2 cm³/mol. The van der Waals surface area contributed by atoms with Crippen molar-refractivity contribution >= 4 is 0 Å². The maximum absolute atomic E-state index is 13.9. The Morgan fingerprint density at radius 1 is 1.10 bits per heavy atom. The second-order valence-corrected chi connectivity index (χ2v) is 5.39. The van der Waals surface area contributed by atoms with Crippen LogP contribution in [0.15, 0.2) is 12.1 Å². The zero-order valence-corrected chi connectivity index (χ0v) is 11.4. The molecule has 0 aliphatic heterocycles. The van der Waals surface area contributed by atoms with Crippen LogP contribution in [0, 0.1) is 17.5 Å². The summed E-state index contributed by atoms with van der Waals surface area (Å²) in [5.74, 6) is -2.64. The molecule has 0 aliphatic rings. The van der Waals surface area contributed by atoms with Crippen LogP contribution in [0.3, 0.4) is 0 Å². The Morgan fingerprint density at radius 2 is 1.65 bits per heavy atom. The largest absolute Gasteiger partial charge is 0.324 e. The number of hydrogen-bond acceptors (Lipinski definition) is 3. The first-order chi connectivity index (χ1) is 9.25. The number of aromatic nitrogens is 3. The van der Waals surface area contributed by atoms with Gasteiger partial charge in [0.2, 0.25) is 0 Å². The highest BCUT2D eigenvalue weighted by Crippen LogP contribution is 2.30. The monoisotopic (exact) mass is 284 g/mol. The molecule has 0 bridgehead atoms. The minimum absolute atomic E-state index is 0.00653. The lowest BCUT2D eigenvalue weighted by Gasteiger charge is -2.25. The average molecular weight is 284 g/mol. The Bertz CT molecular complexity index is 621. The lowest BCUT2D eigenvalue weighted by Crippen LogP contribution is -2.26. The zero-order valence-electron chi connectivity index (χ0n) is 11.4. The standard InChI is InChI=1S/C13H15F3N4/c1-13(2,3)20-10(6-17)18-19-12(20)11-8(15)4-7(14)5-9(11)16/h4-5H,6,17H2,1-3H3. The number of halogens is 3. The fourth-order valence-corrected chi connectivity index (χ4v) is 2.07. The number of nitrogens with zero attached hydrogens (tertiary/aromatic N) is 3. The van der Waals surface area contributed by atoms with Crippen LogP contribution < -0.4 is 5.73 Å². The van der Waals surface area contributed by atoms with Gasteiger partial charge in [0, 0.05) is 17.7 Å². The third-order valence-electron chi connectivity index (χ3n) is 2.81. The van der Waals surface area contributed by atoms with E-state index in [-0.39, 0.29) is 12.4 Å². The number of nitrogens with two attached hydrogens (primary N) is 1. The van der Waals surface area contributed by atoms with E-state index >= 15 is 0 Å². The van der Waals surface area contributed by atoms with Crippen molar-refractivity contribution < 1.29 is 13.2 Å². The van der Waals surface area contributed by atoms with Crippen LogP contribution in [-0.4, -0.2) is 14.8 Å². The van der Waals surface area contributed by atoms with Crippen LogP contribution in [0.1, 0.15) is 26.6 Å². The third-order valence-corrected chi connectivity index (χ3v) is 2.81. The molecule has 1 aromatic carbocycles. The lowest BCUT2D eigenvalue weighted by molar-refractivity contribution is 0.385. The highest BCUT2D eigenvalue weighted by Gasteiger charge is 2.27. The Labute approximate surface area is 114 Å². The lowest BCUT2D eigenvalue weighted by atomic mass is 10.1.